The quantitative estimate of drug-likeness (QED) is 0.0489. The van der Waals surface area contributed by atoms with E-state index in [2.05, 4.69) is 104 Å². The van der Waals surface area contributed by atoms with Crippen LogP contribution in [0.25, 0.3) is 0 Å². The van der Waals surface area contributed by atoms with Gasteiger partial charge < -0.3 is 54.1 Å². The average molecular weight is 976 g/mol. The fourth-order valence-electron chi connectivity index (χ4n) is 7.82. The van der Waals surface area contributed by atoms with Crippen LogP contribution in [0.2, 0.25) is 48.4 Å². The maximum Gasteiger partial charge on any atom is 0.479 e. The van der Waals surface area contributed by atoms with Crippen LogP contribution in [0, 0.1) is 41.4 Å². The van der Waals surface area contributed by atoms with Crippen molar-refractivity contribution in [2.45, 2.75) is 159 Å². The summed E-state index contributed by atoms with van der Waals surface area (Å²) in [7, 11) is -30.5. The van der Waals surface area contributed by atoms with E-state index in [0.29, 0.717) is 60.2 Å². The molecule has 0 aromatic heterocycles. The smallest absolute Gasteiger partial charge is 0.462 e. The van der Waals surface area contributed by atoms with Crippen LogP contribution in [-0.2, 0) is 58.9 Å². The highest BCUT2D eigenvalue weighted by Gasteiger charge is 2.78. The molecule has 0 aliphatic carbocycles. The van der Waals surface area contributed by atoms with Gasteiger partial charge in [0.05, 0.1) is 6.61 Å². The van der Waals surface area contributed by atoms with Crippen molar-refractivity contribution in [1.29, 1.82) is 0 Å². The Bertz CT molecular complexity index is 1320. The number of ether oxygens (including phenoxy) is 1. The van der Waals surface area contributed by atoms with Crippen molar-refractivity contribution in [1.82, 2.24) is 0 Å². The van der Waals surface area contributed by atoms with Gasteiger partial charge in [-0.05, 0) is 60.8 Å². The predicted octanol–water partition coefficient (Wildman–Crippen LogP) is 7.41. The van der Waals surface area contributed by atoms with Crippen LogP contribution >= 0.6 is 0 Å². The van der Waals surface area contributed by atoms with Crippen LogP contribution in [0.5, 0.6) is 0 Å². The summed E-state index contributed by atoms with van der Waals surface area (Å²) in [5.74, 6) is 0.573. The summed E-state index contributed by atoms with van der Waals surface area (Å²) in [5, 5.41) is 0. The van der Waals surface area contributed by atoms with Crippen LogP contribution in [-0.4, -0.2) is 94.0 Å². The molecule has 0 aromatic carbocycles. The third-order valence-electron chi connectivity index (χ3n) is 9.53. The van der Waals surface area contributed by atoms with E-state index in [9.17, 15) is 4.79 Å². The Balaban J connectivity index is 2.14. The molecule has 58 heavy (non-hydrogen) atoms. The maximum absolute atomic E-state index is 12.6. The lowest BCUT2D eigenvalue weighted by Gasteiger charge is -2.60. The topological polar surface area (TPSA) is 137 Å². The Hall–Kier alpha value is 0.682. The summed E-state index contributed by atoms with van der Waals surface area (Å²) >= 11 is 0. The van der Waals surface area contributed by atoms with E-state index in [1.165, 1.54) is 0 Å². The molecule has 4 aliphatic rings. The Morgan fingerprint density at radius 2 is 0.862 bits per heavy atom. The molecule has 4 rings (SSSR count). The van der Waals surface area contributed by atoms with Gasteiger partial charge >= 0.3 is 67.6 Å². The van der Waals surface area contributed by atoms with Gasteiger partial charge in [0.15, 0.2) is 9.76 Å². The Morgan fingerprint density at radius 3 is 1.19 bits per heavy atom. The van der Waals surface area contributed by atoms with E-state index in [4.69, 9.17) is 54.1 Å². The standard InChI is InChI=1S/C35H78O14Si9/c1-27(2)20-50-38-52(19-17-18-37-35(36)34(15)16)41-55(23-30(7)8)43-53(21-28(3)4)39-51-40-54(22-29(5)6)44-56(42-52,24-31(9)10)48-58(47-55,26-33(13)14)49-57(45-53,46-54)25-32(11)12/h27-33H,15,17-26,50-51H2,1-14,16H3. The molecule has 4 saturated heterocycles. The number of fused-ring (bicyclic) bond motifs is 4. The lowest BCUT2D eigenvalue weighted by atomic mass is 10.3. The zero-order valence-electron chi connectivity index (χ0n) is 38.4. The Morgan fingerprint density at radius 1 is 0.534 bits per heavy atom. The van der Waals surface area contributed by atoms with Gasteiger partial charge in [0.1, 0.15) is 0 Å². The first-order valence-electron chi connectivity index (χ1n) is 21.9. The van der Waals surface area contributed by atoms with Gasteiger partial charge in [0.25, 0.3) is 10.0 Å². The van der Waals surface area contributed by atoms with Crippen molar-refractivity contribution in [3.05, 3.63) is 12.2 Å². The molecule has 4 aliphatic heterocycles. The van der Waals surface area contributed by atoms with Crippen molar-refractivity contribution in [3.63, 3.8) is 0 Å². The molecular weight excluding hydrogens is 897 g/mol. The summed E-state index contributed by atoms with van der Waals surface area (Å²) in [5.41, 5.74) is 0.338. The SMILES string of the molecule is C=C(C)C(=O)OCCC[Si]1(O[SiH2]CC(C)C)O[Si]2(CC(C)C)O[Si]3(CC(C)C)O[SiH2]O[Si]4(CC(C)C)O[Si](CC(C)C)(O1)O[Si](CC(C)C)(O2)O[Si](CC(C)C)(O3)O4. The minimum Gasteiger partial charge on any atom is -0.462 e. The van der Waals surface area contributed by atoms with Gasteiger partial charge in [-0.3, -0.25) is 0 Å². The first-order chi connectivity index (χ1) is 26.8. The third kappa shape index (κ3) is 14.1. The van der Waals surface area contributed by atoms with Crippen molar-refractivity contribution >= 4 is 87.4 Å². The lowest BCUT2D eigenvalue weighted by molar-refractivity contribution is -0.139. The van der Waals surface area contributed by atoms with Crippen LogP contribution in [0.15, 0.2) is 12.2 Å². The Kier molecular flexibility index (Phi) is 18.3. The molecular formula is C35H78O14Si9. The van der Waals surface area contributed by atoms with Gasteiger partial charge in [-0.25, -0.2) is 4.79 Å². The molecule has 23 heteroatoms. The number of hydrogen-bond acceptors (Lipinski definition) is 14. The lowest BCUT2D eigenvalue weighted by Crippen LogP contribution is -2.84. The molecule has 0 radical (unpaired) electrons. The first kappa shape index (κ1) is 51.3. The third-order valence-corrected chi connectivity index (χ3v) is 49.2. The van der Waals surface area contributed by atoms with Gasteiger partial charge in [-0.1, -0.05) is 104 Å². The number of carbonyl (C=O) groups excluding carboxylic acids is 1. The fourth-order valence-corrected chi connectivity index (χ4v) is 56.2. The molecule has 0 aromatic rings. The van der Waals surface area contributed by atoms with E-state index in [-0.39, 0.29) is 42.1 Å². The predicted molar refractivity (Wildman–Crippen MR) is 243 cm³/mol. The molecule has 0 spiro atoms. The second kappa shape index (κ2) is 20.7. The number of esters is 1. The number of hydrogen-bond donors (Lipinski definition) is 0. The normalized spacial score (nSPS) is 36.1. The highest BCUT2D eigenvalue weighted by atomic mass is 28.6. The van der Waals surface area contributed by atoms with Crippen molar-refractivity contribution < 1.29 is 58.9 Å². The van der Waals surface area contributed by atoms with Crippen LogP contribution in [0.4, 0.5) is 0 Å². The van der Waals surface area contributed by atoms with Gasteiger partial charge in [0, 0.05) is 47.9 Å². The zero-order chi connectivity index (χ0) is 43.4. The van der Waals surface area contributed by atoms with Crippen molar-refractivity contribution in [2.24, 2.45) is 41.4 Å². The molecule has 6 bridgehead atoms. The summed E-state index contributed by atoms with van der Waals surface area (Å²) in [6.45, 7) is 35.7. The molecule has 338 valence electrons. The minimum absolute atomic E-state index is 0.0707. The van der Waals surface area contributed by atoms with E-state index < -0.39 is 87.4 Å². The minimum atomic E-state index is -4.03. The Labute approximate surface area is 363 Å². The van der Waals surface area contributed by atoms with Gasteiger partial charge in [0.2, 0.25) is 0 Å². The molecule has 4 fully saturated rings. The zero-order valence-corrected chi connectivity index (χ0v) is 48.3. The van der Waals surface area contributed by atoms with E-state index in [1.54, 1.807) is 6.92 Å². The summed E-state index contributed by atoms with van der Waals surface area (Å²) in [6.07, 6.45) is 0.408. The molecule has 0 N–H and O–H groups in total. The molecule has 4 heterocycles. The van der Waals surface area contributed by atoms with Crippen LogP contribution in [0.1, 0.15) is 110 Å². The van der Waals surface area contributed by atoms with E-state index in [0.717, 1.165) is 6.04 Å². The molecule has 0 amide bonds. The van der Waals surface area contributed by atoms with Crippen LogP contribution in [0.3, 0.4) is 0 Å². The molecule has 4 atom stereocenters. The molecule has 14 nitrogen and oxygen atoms in total. The highest BCUT2D eigenvalue weighted by molar-refractivity contribution is 7.00. The van der Waals surface area contributed by atoms with Crippen LogP contribution < -0.4 is 0 Å². The second-order valence-corrected chi connectivity index (χ2v) is 44.3. The van der Waals surface area contributed by atoms with E-state index in [1.807, 2.05) is 0 Å². The maximum atomic E-state index is 12.6. The highest BCUT2D eigenvalue weighted by Crippen LogP contribution is 2.51. The molecule has 4 unspecified atom stereocenters. The van der Waals surface area contributed by atoms with Crippen molar-refractivity contribution in [3.8, 4) is 0 Å². The second-order valence-electron chi connectivity index (χ2n) is 19.7. The average Bonchev–Trinajstić information content (AvgIpc) is 2.97. The van der Waals surface area contributed by atoms with E-state index >= 15 is 0 Å². The summed E-state index contributed by atoms with van der Waals surface area (Å²) in [4.78, 5) is 12.6. The van der Waals surface area contributed by atoms with Gasteiger partial charge in [-0.15, -0.1) is 0 Å². The first-order valence-corrected chi connectivity index (χ1v) is 38.1. The number of carbonyl (C=O) groups is 1. The molecule has 0 saturated carbocycles. The summed E-state index contributed by atoms with van der Waals surface area (Å²) < 4.78 is 96.8. The van der Waals surface area contributed by atoms with Crippen molar-refractivity contribution in [2.75, 3.05) is 6.61 Å². The van der Waals surface area contributed by atoms with Gasteiger partial charge in [-0.2, -0.15) is 0 Å². The largest absolute Gasteiger partial charge is 0.479 e. The monoisotopic (exact) mass is 974 g/mol. The fraction of sp³-hybridized carbons (Fsp3) is 0.914. The summed E-state index contributed by atoms with van der Waals surface area (Å²) in [6, 6.07) is 3.99. The number of rotatable bonds is 21.